The highest BCUT2D eigenvalue weighted by molar-refractivity contribution is 5.18. The normalized spacial score (nSPS) is 22.3. The molecule has 0 amide bonds. The van der Waals surface area contributed by atoms with Crippen molar-refractivity contribution in [2.75, 3.05) is 6.54 Å². The Morgan fingerprint density at radius 3 is 3.25 bits per heavy atom. The summed E-state index contributed by atoms with van der Waals surface area (Å²) < 4.78 is 1.87. The quantitative estimate of drug-likeness (QED) is 0.648. The molecule has 1 heterocycles. The van der Waals surface area contributed by atoms with Gasteiger partial charge in [-0.15, -0.1) is 5.10 Å². The Labute approximate surface area is 71.8 Å². The first-order valence-electron chi connectivity index (χ1n) is 4.41. The fourth-order valence-electron chi connectivity index (χ4n) is 1.88. The third-order valence-electron chi connectivity index (χ3n) is 2.61. The molecular weight excluding hydrogens is 152 g/mol. The SMILES string of the molecule is Cn1nnc2c1CCCC2CN. The van der Waals surface area contributed by atoms with E-state index < -0.39 is 0 Å². The van der Waals surface area contributed by atoms with Crippen LogP contribution in [0.25, 0.3) is 0 Å². The van der Waals surface area contributed by atoms with Gasteiger partial charge in [-0.2, -0.15) is 0 Å². The number of nitrogens with zero attached hydrogens (tertiary/aromatic N) is 3. The number of aromatic nitrogens is 3. The van der Waals surface area contributed by atoms with Crippen molar-refractivity contribution in [3.05, 3.63) is 11.4 Å². The van der Waals surface area contributed by atoms with Gasteiger partial charge in [-0.05, 0) is 19.3 Å². The van der Waals surface area contributed by atoms with E-state index >= 15 is 0 Å². The van der Waals surface area contributed by atoms with E-state index in [1.54, 1.807) is 0 Å². The highest BCUT2D eigenvalue weighted by Crippen LogP contribution is 2.28. The molecule has 0 saturated heterocycles. The number of fused-ring (bicyclic) bond motifs is 1. The van der Waals surface area contributed by atoms with Gasteiger partial charge in [0.15, 0.2) is 0 Å². The summed E-state index contributed by atoms with van der Waals surface area (Å²) in [5.74, 6) is 0.447. The van der Waals surface area contributed by atoms with Crippen molar-refractivity contribution in [1.82, 2.24) is 15.0 Å². The molecule has 2 rings (SSSR count). The van der Waals surface area contributed by atoms with E-state index in [0.717, 1.165) is 12.1 Å². The monoisotopic (exact) mass is 166 g/mol. The van der Waals surface area contributed by atoms with Crippen LogP contribution in [0.4, 0.5) is 0 Å². The van der Waals surface area contributed by atoms with E-state index in [0.29, 0.717) is 12.5 Å². The predicted molar refractivity (Wildman–Crippen MR) is 45.7 cm³/mol. The lowest BCUT2D eigenvalue weighted by molar-refractivity contribution is 0.536. The van der Waals surface area contributed by atoms with Gasteiger partial charge in [0, 0.05) is 19.5 Å². The van der Waals surface area contributed by atoms with Gasteiger partial charge in [0.25, 0.3) is 0 Å². The minimum absolute atomic E-state index is 0.447. The summed E-state index contributed by atoms with van der Waals surface area (Å²) in [6.07, 6.45) is 3.49. The van der Waals surface area contributed by atoms with Crippen LogP contribution in [0.5, 0.6) is 0 Å². The first-order chi connectivity index (χ1) is 5.83. The van der Waals surface area contributed by atoms with E-state index in [1.807, 2.05) is 11.7 Å². The van der Waals surface area contributed by atoms with Crippen LogP contribution in [-0.2, 0) is 13.5 Å². The van der Waals surface area contributed by atoms with Crippen LogP contribution in [0, 0.1) is 0 Å². The fourth-order valence-corrected chi connectivity index (χ4v) is 1.88. The summed E-state index contributed by atoms with van der Waals surface area (Å²) in [6, 6.07) is 0. The van der Waals surface area contributed by atoms with E-state index in [9.17, 15) is 0 Å². The molecule has 12 heavy (non-hydrogen) atoms. The lowest BCUT2D eigenvalue weighted by atomic mass is 9.90. The van der Waals surface area contributed by atoms with Crippen LogP contribution in [0.1, 0.15) is 30.1 Å². The topological polar surface area (TPSA) is 56.7 Å². The van der Waals surface area contributed by atoms with Gasteiger partial charge in [0.1, 0.15) is 0 Å². The molecule has 0 spiro atoms. The molecule has 1 aromatic heterocycles. The van der Waals surface area contributed by atoms with Gasteiger partial charge in [0.2, 0.25) is 0 Å². The summed E-state index contributed by atoms with van der Waals surface area (Å²) >= 11 is 0. The molecule has 1 aliphatic rings. The zero-order chi connectivity index (χ0) is 8.55. The second-order valence-electron chi connectivity index (χ2n) is 3.37. The van der Waals surface area contributed by atoms with Crippen LogP contribution in [0.15, 0.2) is 0 Å². The molecule has 4 nitrogen and oxygen atoms in total. The second kappa shape index (κ2) is 2.86. The minimum Gasteiger partial charge on any atom is -0.330 e. The van der Waals surface area contributed by atoms with Gasteiger partial charge in [-0.1, -0.05) is 5.21 Å². The van der Waals surface area contributed by atoms with Crippen molar-refractivity contribution >= 4 is 0 Å². The van der Waals surface area contributed by atoms with Crippen LogP contribution >= 0.6 is 0 Å². The van der Waals surface area contributed by atoms with E-state index in [1.165, 1.54) is 18.5 Å². The van der Waals surface area contributed by atoms with Crippen molar-refractivity contribution in [3.63, 3.8) is 0 Å². The Balaban J connectivity index is 2.38. The molecule has 4 heteroatoms. The van der Waals surface area contributed by atoms with Crippen molar-refractivity contribution in [1.29, 1.82) is 0 Å². The summed E-state index contributed by atoms with van der Waals surface area (Å²) in [6.45, 7) is 0.700. The Hall–Kier alpha value is -0.900. The Morgan fingerprint density at radius 2 is 2.50 bits per heavy atom. The van der Waals surface area contributed by atoms with Crippen molar-refractivity contribution in [2.24, 2.45) is 12.8 Å². The Morgan fingerprint density at radius 1 is 1.67 bits per heavy atom. The molecule has 1 aliphatic carbocycles. The molecule has 0 radical (unpaired) electrons. The summed E-state index contributed by atoms with van der Waals surface area (Å²) in [5, 5.41) is 8.15. The van der Waals surface area contributed by atoms with Gasteiger partial charge in [-0.25, -0.2) is 0 Å². The molecule has 1 aromatic rings. The lowest BCUT2D eigenvalue weighted by Gasteiger charge is -2.18. The number of hydrogen-bond donors (Lipinski definition) is 1. The van der Waals surface area contributed by atoms with Crippen LogP contribution in [0.3, 0.4) is 0 Å². The van der Waals surface area contributed by atoms with Crippen molar-refractivity contribution in [3.8, 4) is 0 Å². The summed E-state index contributed by atoms with van der Waals surface area (Å²) in [4.78, 5) is 0. The second-order valence-corrected chi connectivity index (χ2v) is 3.37. The molecule has 66 valence electrons. The maximum absolute atomic E-state index is 5.65. The minimum atomic E-state index is 0.447. The fraction of sp³-hybridized carbons (Fsp3) is 0.750. The van der Waals surface area contributed by atoms with Gasteiger partial charge in [-0.3, -0.25) is 4.68 Å². The highest BCUT2D eigenvalue weighted by atomic mass is 15.4. The average Bonchev–Trinajstić information content (AvgIpc) is 2.48. The van der Waals surface area contributed by atoms with Crippen LogP contribution < -0.4 is 5.73 Å². The first kappa shape index (κ1) is 7.73. The van der Waals surface area contributed by atoms with E-state index in [2.05, 4.69) is 10.3 Å². The van der Waals surface area contributed by atoms with Crippen molar-refractivity contribution < 1.29 is 0 Å². The van der Waals surface area contributed by atoms with Gasteiger partial charge < -0.3 is 5.73 Å². The van der Waals surface area contributed by atoms with E-state index in [-0.39, 0.29) is 0 Å². The number of aryl methyl sites for hydroxylation is 1. The van der Waals surface area contributed by atoms with Crippen molar-refractivity contribution in [2.45, 2.75) is 25.2 Å². The molecule has 2 N–H and O–H groups in total. The van der Waals surface area contributed by atoms with E-state index in [4.69, 9.17) is 5.73 Å². The summed E-state index contributed by atoms with van der Waals surface area (Å²) in [7, 11) is 1.95. The lowest BCUT2D eigenvalue weighted by Crippen LogP contribution is -2.19. The third-order valence-corrected chi connectivity index (χ3v) is 2.61. The molecule has 0 aromatic carbocycles. The molecule has 0 aliphatic heterocycles. The zero-order valence-electron chi connectivity index (χ0n) is 7.32. The number of nitrogens with two attached hydrogens (primary N) is 1. The molecule has 0 fully saturated rings. The maximum Gasteiger partial charge on any atom is 0.0902 e. The molecule has 0 bridgehead atoms. The third kappa shape index (κ3) is 1.03. The molecule has 1 atom stereocenters. The standard InChI is InChI=1S/C8H14N4/c1-12-7-4-2-3-6(5-9)8(7)10-11-12/h6H,2-5,9H2,1H3. The van der Waals surface area contributed by atoms with Gasteiger partial charge in [0.05, 0.1) is 11.4 Å². The largest absolute Gasteiger partial charge is 0.330 e. The Kier molecular flexibility index (Phi) is 1.84. The Bertz CT molecular complexity index is 279. The van der Waals surface area contributed by atoms with Crippen LogP contribution in [-0.4, -0.2) is 21.5 Å². The smallest absolute Gasteiger partial charge is 0.0902 e. The summed E-state index contributed by atoms with van der Waals surface area (Å²) in [5.41, 5.74) is 8.06. The molecule has 1 unspecified atom stereocenters. The van der Waals surface area contributed by atoms with Gasteiger partial charge >= 0.3 is 0 Å². The first-order valence-corrected chi connectivity index (χ1v) is 4.41. The highest BCUT2D eigenvalue weighted by Gasteiger charge is 2.23. The number of rotatable bonds is 1. The maximum atomic E-state index is 5.65. The predicted octanol–water partition coefficient (Wildman–Crippen LogP) is 0.194. The molecule has 0 saturated carbocycles. The zero-order valence-corrected chi connectivity index (χ0v) is 7.32. The van der Waals surface area contributed by atoms with Crippen LogP contribution in [0.2, 0.25) is 0 Å². The molecular formula is C8H14N4. The average molecular weight is 166 g/mol. The number of hydrogen-bond acceptors (Lipinski definition) is 3.